The molecule has 4 heteroatoms. The van der Waals surface area contributed by atoms with Crippen molar-refractivity contribution in [2.45, 2.75) is 17.7 Å². The molecule has 0 fully saturated rings. The summed E-state index contributed by atoms with van der Waals surface area (Å²) in [6, 6.07) is 5.09. The summed E-state index contributed by atoms with van der Waals surface area (Å²) in [6.45, 7) is 0. The second kappa shape index (κ2) is 4.46. The first-order chi connectivity index (χ1) is 8.74. The third kappa shape index (κ3) is 1.99. The number of thioether (sulfide) groups is 1. The summed E-state index contributed by atoms with van der Waals surface area (Å²) < 4.78 is 0. The quantitative estimate of drug-likeness (QED) is 0.832. The molecule has 2 aliphatic rings. The molecule has 1 aliphatic carbocycles. The van der Waals surface area contributed by atoms with E-state index in [1.54, 1.807) is 23.9 Å². The first-order valence-electron chi connectivity index (χ1n) is 5.73. The van der Waals surface area contributed by atoms with E-state index < -0.39 is 5.97 Å². The smallest absolute Gasteiger partial charge is 0.335 e. The van der Waals surface area contributed by atoms with E-state index in [2.05, 4.69) is 17.1 Å². The second-order valence-corrected chi connectivity index (χ2v) is 5.26. The van der Waals surface area contributed by atoms with Gasteiger partial charge in [0.05, 0.1) is 11.3 Å². The van der Waals surface area contributed by atoms with Gasteiger partial charge >= 0.3 is 5.97 Å². The molecule has 0 atom stereocenters. The largest absolute Gasteiger partial charge is 0.478 e. The van der Waals surface area contributed by atoms with Crippen LogP contribution >= 0.6 is 11.8 Å². The van der Waals surface area contributed by atoms with Crippen molar-refractivity contribution < 1.29 is 9.90 Å². The van der Waals surface area contributed by atoms with Gasteiger partial charge in [0, 0.05) is 16.0 Å². The predicted octanol–water partition coefficient (Wildman–Crippen LogP) is 3.80. The lowest BCUT2D eigenvalue weighted by atomic mass is 10.1. The Labute approximate surface area is 109 Å². The molecule has 3 nitrogen and oxygen atoms in total. The van der Waals surface area contributed by atoms with Crippen molar-refractivity contribution in [1.82, 2.24) is 0 Å². The molecule has 0 unspecified atom stereocenters. The number of rotatable bonds is 1. The zero-order valence-electron chi connectivity index (χ0n) is 9.59. The number of benzene rings is 1. The van der Waals surface area contributed by atoms with Gasteiger partial charge in [-0.05, 0) is 36.6 Å². The standard InChI is InChI=1S/C14H11NO2S/c16-14(17)9-5-6-13-11(7-9)15-8-10-3-1-2-4-12(10)18-13/h2,4-8H,1,3H2,(H,16,17). The molecule has 3 rings (SSSR count). The van der Waals surface area contributed by atoms with E-state index in [1.165, 1.54) is 10.5 Å². The third-order valence-electron chi connectivity index (χ3n) is 2.95. The lowest BCUT2D eigenvalue weighted by Crippen LogP contribution is -1.95. The van der Waals surface area contributed by atoms with E-state index in [0.717, 1.165) is 23.4 Å². The van der Waals surface area contributed by atoms with Crippen molar-refractivity contribution in [3.8, 4) is 0 Å². The van der Waals surface area contributed by atoms with Crippen molar-refractivity contribution in [2.75, 3.05) is 0 Å². The molecule has 0 aromatic heterocycles. The molecule has 0 amide bonds. The fourth-order valence-corrected chi connectivity index (χ4v) is 3.03. The fourth-order valence-electron chi connectivity index (χ4n) is 1.99. The number of hydrogen-bond donors (Lipinski definition) is 1. The van der Waals surface area contributed by atoms with Crippen molar-refractivity contribution in [1.29, 1.82) is 0 Å². The zero-order chi connectivity index (χ0) is 12.5. The maximum absolute atomic E-state index is 10.9. The number of aromatic carboxylic acids is 1. The lowest BCUT2D eigenvalue weighted by Gasteiger charge is -2.10. The normalized spacial score (nSPS) is 17.1. The van der Waals surface area contributed by atoms with Crippen LogP contribution in [0.15, 0.2) is 50.7 Å². The van der Waals surface area contributed by atoms with Gasteiger partial charge in [-0.3, -0.25) is 4.99 Å². The second-order valence-electron chi connectivity index (χ2n) is 4.18. The zero-order valence-corrected chi connectivity index (χ0v) is 10.4. The summed E-state index contributed by atoms with van der Waals surface area (Å²) in [5.74, 6) is -0.917. The Kier molecular flexibility index (Phi) is 2.80. The van der Waals surface area contributed by atoms with Crippen LogP contribution < -0.4 is 0 Å². The average Bonchev–Trinajstić information content (AvgIpc) is 2.56. The minimum Gasteiger partial charge on any atom is -0.478 e. The van der Waals surface area contributed by atoms with Gasteiger partial charge < -0.3 is 5.11 Å². The highest BCUT2D eigenvalue weighted by Gasteiger charge is 2.15. The van der Waals surface area contributed by atoms with Gasteiger partial charge in [-0.25, -0.2) is 4.79 Å². The molecule has 0 radical (unpaired) electrons. The topological polar surface area (TPSA) is 49.7 Å². The molecule has 18 heavy (non-hydrogen) atoms. The molecule has 1 heterocycles. The monoisotopic (exact) mass is 257 g/mol. The highest BCUT2D eigenvalue weighted by atomic mass is 32.2. The highest BCUT2D eigenvalue weighted by Crippen LogP contribution is 2.41. The minimum absolute atomic E-state index is 0.280. The first-order valence-corrected chi connectivity index (χ1v) is 6.54. The number of carboxylic acid groups (broad SMARTS) is 1. The number of allylic oxidation sites excluding steroid dienone is 3. The highest BCUT2D eigenvalue weighted by molar-refractivity contribution is 8.03. The van der Waals surface area contributed by atoms with E-state index in [9.17, 15) is 4.79 Å². The van der Waals surface area contributed by atoms with E-state index >= 15 is 0 Å². The molecule has 0 saturated heterocycles. The van der Waals surface area contributed by atoms with Crippen LogP contribution in [0, 0.1) is 0 Å². The van der Waals surface area contributed by atoms with Gasteiger partial charge in [0.2, 0.25) is 0 Å². The maximum Gasteiger partial charge on any atom is 0.335 e. The van der Waals surface area contributed by atoms with Crippen molar-refractivity contribution >= 4 is 29.6 Å². The molecule has 1 N–H and O–H groups in total. The van der Waals surface area contributed by atoms with Crippen LogP contribution in [-0.2, 0) is 0 Å². The van der Waals surface area contributed by atoms with Gasteiger partial charge in [0.25, 0.3) is 0 Å². The molecular weight excluding hydrogens is 246 g/mol. The number of carboxylic acids is 1. The van der Waals surface area contributed by atoms with Crippen LogP contribution in [0.5, 0.6) is 0 Å². The molecule has 90 valence electrons. The minimum atomic E-state index is -0.917. The molecule has 1 aromatic carbocycles. The molecule has 0 spiro atoms. The summed E-state index contributed by atoms with van der Waals surface area (Å²) >= 11 is 1.66. The summed E-state index contributed by atoms with van der Waals surface area (Å²) in [7, 11) is 0. The number of carbonyl (C=O) groups is 1. The van der Waals surface area contributed by atoms with Crippen LogP contribution in [0.4, 0.5) is 5.69 Å². The van der Waals surface area contributed by atoms with E-state index in [1.807, 2.05) is 12.3 Å². The maximum atomic E-state index is 10.9. The Balaban J connectivity index is 2.05. The number of fused-ring (bicyclic) bond motifs is 1. The molecule has 0 bridgehead atoms. The summed E-state index contributed by atoms with van der Waals surface area (Å²) in [4.78, 5) is 17.6. The van der Waals surface area contributed by atoms with Gasteiger partial charge in [-0.1, -0.05) is 23.9 Å². The van der Waals surface area contributed by atoms with E-state index in [0.29, 0.717) is 0 Å². The van der Waals surface area contributed by atoms with Crippen molar-refractivity contribution in [2.24, 2.45) is 4.99 Å². The SMILES string of the molecule is O=C(O)c1ccc2c(c1)N=CC1=C(C=CCC1)S2. The van der Waals surface area contributed by atoms with E-state index in [-0.39, 0.29) is 5.56 Å². The Morgan fingerprint density at radius 2 is 2.28 bits per heavy atom. The Morgan fingerprint density at radius 1 is 1.39 bits per heavy atom. The number of nitrogens with zero attached hydrogens (tertiary/aromatic N) is 1. The molecule has 1 aromatic rings. The molecular formula is C14H11NO2S. The van der Waals surface area contributed by atoms with Crippen LogP contribution in [-0.4, -0.2) is 17.3 Å². The first kappa shape index (κ1) is 11.3. The number of hydrogen-bond acceptors (Lipinski definition) is 3. The van der Waals surface area contributed by atoms with Crippen LogP contribution in [0.25, 0.3) is 0 Å². The fraction of sp³-hybridized carbons (Fsp3) is 0.143. The Hall–Kier alpha value is -1.81. The van der Waals surface area contributed by atoms with Gasteiger partial charge in [-0.2, -0.15) is 0 Å². The lowest BCUT2D eigenvalue weighted by molar-refractivity contribution is 0.0697. The van der Waals surface area contributed by atoms with Crippen LogP contribution in [0.3, 0.4) is 0 Å². The molecule has 0 saturated carbocycles. The average molecular weight is 257 g/mol. The summed E-state index contributed by atoms with van der Waals surface area (Å²) in [5, 5.41) is 8.98. The van der Waals surface area contributed by atoms with E-state index in [4.69, 9.17) is 5.11 Å². The van der Waals surface area contributed by atoms with Gasteiger partial charge in [0.1, 0.15) is 0 Å². The predicted molar refractivity (Wildman–Crippen MR) is 72.8 cm³/mol. The van der Waals surface area contributed by atoms with Gasteiger partial charge in [0.15, 0.2) is 0 Å². The number of aliphatic imine (C=N–C) groups is 1. The summed E-state index contributed by atoms with van der Waals surface area (Å²) in [6.07, 6.45) is 8.19. The Morgan fingerprint density at radius 3 is 3.11 bits per heavy atom. The van der Waals surface area contributed by atoms with Crippen LogP contribution in [0.2, 0.25) is 0 Å². The summed E-state index contributed by atoms with van der Waals surface area (Å²) in [5.41, 5.74) is 2.25. The molecule has 1 aliphatic heterocycles. The van der Waals surface area contributed by atoms with Gasteiger partial charge in [-0.15, -0.1) is 0 Å². The van der Waals surface area contributed by atoms with Crippen molar-refractivity contribution in [3.63, 3.8) is 0 Å². The third-order valence-corrected chi connectivity index (χ3v) is 4.13. The van der Waals surface area contributed by atoms with Crippen molar-refractivity contribution in [3.05, 3.63) is 46.4 Å². The Bertz CT molecular complexity index is 614. The van der Waals surface area contributed by atoms with Crippen LogP contribution in [0.1, 0.15) is 23.2 Å².